The van der Waals surface area contributed by atoms with E-state index < -0.39 is 23.8 Å². The molecule has 180 valence electrons. The topological polar surface area (TPSA) is 91.5 Å². The van der Waals surface area contributed by atoms with Crippen molar-refractivity contribution in [3.8, 4) is 0 Å². The number of H-pyrrole nitrogens is 1. The molecule has 0 radical (unpaired) electrons. The highest BCUT2D eigenvalue weighted by Gasteiger charge is 2.33. The van der Waals surface area contributed by atoms with Crippen LogP contribution in [0.3, 0.4) is 0 Å². The van der Waals surface area contributed by atoms with Gasteiger partial charge in [0.25, 0.3) is 11.8 Å². The molecule has 5 rings (SSSR count). The number of aromatic nitrogens is 1. The molecule has 3 aromatic carbocycles. The molecule has 7 nitrogen and oxygen atoms in total. The van der Waals surface area contributed by atoms with Gasteiger partial charge in [-0.1, -0.05) is 66.7 Å². The zero-order valence-electron chi connectivity index (χ0n) is 19.7. The highest BCUT2D eigenvalue weighted by atomic mass is 16.5. The number of hydrogen-bond acceptors (Lipinski definition) is 4. The van der Waals surface area contributed by atoms with Gasteiger partial charge < -0.3 is 15.0 Å². The van der Waals surface area contributed by atoms with Gasteiger partial charge in [-0.3, -0.25) is 19.3 Å². The average Bonchev–Trinajstić information content (AvgIpc) is 3.30. The van der Waals surface area contributed by atoms with Crippen LogP contribution in [0.5, 0.6) is 0 Å². The molecular weight excluding hydrogens is 454 g/mol. The van der Waals surface area contributed by atoms with E-state index in [1.54, 1.807) is 25.1 Å². The zero-order valence-corrected chi connectivity index (χ0v) is 19.7. The number of fused-ring (bicyclic) bond motifs is 2. The Kier molecular flexibility index (Phi) is 6.36. The molecule has 0 spiro atoms. The summed E-state index contributed by atoms with van der Waals surface area (Å²) in [6.07, 6.45) is 1.75. The van der Waals surface area contributed by atoms with Crippen LogP contribution < -0.4 is 10.2 Å². The Morgan fingerprint density at radius 2 is 1.69 bits per heavy atom. The Hall–Kier alpha value is -4.65. The van der Waals surface area contributed by atoms with Gasteiger partial charge in [-0.25, -0.2) is 0 Å². The van der Waals surface area contributed by atoms with Crippen LogP contribution in [-0.4, -0.2) is 42.0 Å². The Morgan fingerprint density at radius 1 is 0.972 bits per heavy atom. The number of ether oxygens (including phenoxy) is 1. The van der Waals surface area contributed by atoms with Gasteiger partial charge in [0.2, 0.25) is 0 Å². The van der Waals surface area contributed by atoms with E-state index in [1.165, 1.54) is 4.90 Å². The smallest absolute Gasteiger partial charge is 0.326 e. The van der Waals surface area contributed by atoms with Gasteiger partial charge in [0.15, 0.2) is 0 Å². The minimum atomic E-state index is -1.01. The standard InChI is InChI=1S/C29H25N3O4/c1-2-36-27(33)18-32-26-15-9-7-13-21(26)22(19-10-4-3-5-11-19)17-25(29(32)35)31-28(34)24-16-20-12-6-8-14-23(20)30-24/h3-17,25,30H,2,18H2,1H3,(H,31,34). The van der Waals surface area contributed by atoms with Crippen LogP contribution in [0.25, 0.3) is 16.5 Å². The third-order valence-electron chi connectivity index (χ3n) is 6.09. The summed E-state index contributed by atoms with van der Waals surface area (Å²) in [5.74, 6) is -1.37. The number of rotatable bonds is 6. The van der Waals surface area contributed by atoms with Crippen LogP contribution in [0, 0.1) is 0 Å². The number of esters is 1. The summed E-state index contributed by atoms with van der Waals surface area (Å²) < 4.78 is 5.14. The van der Waals surface area contributed by atoms with Crippen molar-refractivity contribution in [2.24, 2.45) is 0 Å². The van der Waals surface area contributed by atoms with Crippen molar-refractivity contribution < 1.29 is 19.1 Å². The molecule has 0 aliphatic carbocycles. The van der Waals surface area contributed by atoms with Crippen molar-refractivity contribution in [3.05, 3.63) is 108 Å². The first kappa shape index (κ1) is 23.1. The number of benzene rings is 3. The quantitative estimate of drug-likeness (QED) is 0.403. The van der Waals surface area contributed by atoms with Crippen molar-refractivity contribution in [3.63, 3.8) is 0 Å². The maximum atomic E-state index is 13.8. The summed E-state index contributed by atoms with van der Waals surface area (Å²) in [5, 5.41) is 3.76. The van der Waals surface area contributed by atoms with E-state index in [0.29, 0.717) is 11.4 Å². The molecule has 2 heterocycles. The fraction of sp³-hybridized carbons (Fsp3) is 0.138. The normalized spacial score (nSPS) is 15.1. The number of carbonyl (C=O) groups excluding carboxylic acids is 3. The largest absolute Gasteiger partial charge is 0.465 e. The molecule has 2 N–H and O–H groups in total. The van der Waals surface area contributed by atoms with Gasteiger partial charge in [0.05, 0.1) is 12.3 Å². The number of carbonyl (C=O) groups is 3. The predicted octanol–water partition coefficient (Wildman–Crippen LogP) is 4.31. The lowest BCUT2D eigenvalue weighted by molar-refractivity contribution is -0.142. The average molecular weight is 480 g/mol. The number of para-hydroxylation sites is 2. The summed E-state index contributed by atoms with van der Waals surface area (Å²) in [6.45, 7) is 1.66. The summed E-state index contributed by atoms with van der Waals surface area (Å²) in [7, 11) is 0. The SMILES string of the molecule is CCOC(=O)CN1C(=O)C(NC(=O)c2cc3ccccc3[nH]2)C=C(c2ccccc2)c2ccccc21. The van der Waals surface area contributed by atoms with Crippen molar-refractivity contribution in [1.29, 1.82) is 0 Å². The van der Waals surface area contributed by atoms with E-state index in [9.17, 15) is 14.4 Å². The van der Waals surface area contributed by atoms with Crippen molar-refractivity contribution in [2.75, 3.05) is 18.1 Å². The zero-order chi connectivity index (χ0) is 25.1. The molecule has 0 fully saturated rings. The van der Waals surface area contributed by atoms with Gasteiger partial charge >= 0.3 is 5.97 Å². The number of aromatic amines is 1. The fourth-order valence-corrected chi connectivity index (χ4v) is 4.44. The monoisotopic (exact) mass is 479 g/mol. The van der Waals surface area contributed by atoms with Crippen LogP contribution in [0.4, 0.5) is 5.69 Å². The Morgan fingerprint density at radius 3 is 2.47 bits per heavy atom. The minimum absolute atomic E-state index is 0.205. The highest BCUT2D eigenvalue weighted by Crippen LogP contribution is 2.35. The van der Waals surface area contributed by atoms with Crippen LogP contribution >= 0.6 is 0 Å². The molecule has 0 saturated carbocycles. The van der Waals surface area contributed by atoms with E-state index in [4.69, 9.17) is 4.74 Å². The predicted molar refractivity (Wildman–Crippen MR) is 139 cm³/mol. The number of hydrogen-bond donors (Lipinski definition) is 2. The number of nitrogens with zero attached hydrogens (tertiary/aromatic N) is 1. The Balaban J connectivity index is 1.57. The van der Waals surface area contributed by atoms with Crippen LogP contribution in [0.2, 0.25) is 0 Å². The van der Waals surface area contributed by atoms with Gasteiger partial charge in [-0.15, -0.1) is 0 Å². The number of anilines is 1. The fourth-order valence-electron chi connectivity index (χ4n) is 4.44. The Bertz CT molecular complexity index is 1440. The lowest BCUT2D eigenvalue weighted by Gasteiger charge is -2.25. The van der Waals surface area contributed by atoms with Gasteiger partial charge in [0, 0.05) is 16.5 Å². The van der Waals surface area contributed by atoms with Crippen molar-refractivity contribution >= 4 is 39.9 Å². The molecular formula is C29H25N3O4. The summed E-state index contributed by atoms with van der Waals surface area (Å²) in [5.41, 5.74) is 4.20. The summed E-state index contributed by atoms with van der Waals surface area (Å²) in [6, 6.07) is 25.4. The lowest BCUT2D eigenvalue weighted by atomic mass is 9.95. The summed E-state index contributed by atoms with van der Waals surface area (Å²) >= 11 is 0. The molecule has 0 bridgehead atoms. The second-order valence-corrected chi connectivity index (χ2v) is 8.41. The molecule has 1 aromatic heterocycles. The van der Waals surface area contributed by atoms with Crippen molar-refractivity contribution in [1.82, 2.24) is 10.3 Å². The lowest BCUT2D eigenvalue weighted by Crippen LogP contribution is -2.49. The molecule has 0 saturated heterocycles. The molecule has 2 amide bonds. The number of nitrogens with one attached hydrogen (secondary N) is 2. The molecule has 4 aromatic rings. The summed E-state index contributed by atoms with van der Waals surface area (Å²) in [4.78, 5) is 44.0. The maximum Gasteiger partial charge on any atom is 0.326 e. The first-order valence-electron chi connectivity index (χ1n) is 11.8. The second-order valence-electron chi connectivity index (χ2n) is 8.41. The third-order valence-corrected chi connectivity index (χ3v) is 6.09. The minimum Gasteiger partial charge on any atom is -0.465 e. The molecule has 36 heavy (non-hydrogen) atoms. The van der Waals surface area contributed by atoms with Crippen LogP contribution in [-0.2, 0) is 14.3 Å². The molecule has 7 heteroatoms. The molecule has 1 aliphatic rings. The second kappa shape index (κ2) is 9.92. The van der Waals surface area contributed by atoms with E-state index >= 15 is 0 Å². The first-order chi connectivity index (χ1) is 17.5. The molecule has 1 atom stereocenters. The molecule has 1 aliphatic heterocycles. The first-order valence-corrected chi connectivity index (χ1v) is 11.8. The highest BCUT2D eigenvalue weighted by molar-refractivity contribution is 6.10. The van der Waals surface area contributed by atoms with Gasteiger partial charge in [-0.2, -0.15) is 0 Å². The molecule has 1 unspecified atom stereocenters. The van der Waals surface area contributed by atoms with E-state index in [2.05, 4.69) is 10.3 Å². The van der Waals surface area contributed by atoms with Gasteiger partial charge in [0.1, 0.15) is 18.3 Å². The van der Waals surface area contributed by atoms with E-state index in [0.717, 1.165) is 27.6 Å². The van der Waals surface area contributed by atoms with Gasteiger partial charge in [-0.05, 0) is 42.3 Å². The van der Waals surface area contributed by atoms with E-state index in [1.807, 2.05) is 72.8 Å². The van der Waals surface area contributed by atoms with Crippen molar-refractivity contribution in [2.45, 2.75) is 13.0 Å². The van der Waals surface area contributed by atoms with E-state index in [-0.39, 0.29) is 13.2 Å². The van der Waals surface area contributed by atoms with Crippen LogP contribution in [0.1, 0.15) is 28.5 Å². The van der Waals surface area contributed by atoms with Crippen LogP contribution in [0.15, 0.2) is 91.0 Å². The third kappa shape index (κ3) is 4.51. The number of amides is 2. The maximum absolute atomic E-state index is 13.8. The Labute approximate surface area is 208 Å².